The Bertz CT molecular complexity index is 513. The van der Waals surface area contributed by atoms with Crippen molar-refractivity contribution in [3.8, 4) is 0 Å². The van der Waals surface area contributed by atoms with Crippen LogP contribution in [0.1, 0.15) is 38.6 Å². The van der Waals surface area contributed by atoms with E-state index in [0.29, 0.717) is 6.04 Å². The molecule has 1 unspecified atom stereocenters. The highest BCUT2D eigenvalue weighted by Crippen LogP contribution is 2.21. The van der Waals surface area contributed by atoms with E-state index < -0.39 is 0 Å². The lowest BCUT2D eigenvalue weighted by Crippen LogP contribution is -2.18. The molecular weight excluding hydrogens is 222 g/mol. The van der Waals surface area contributed by atoms with Gasteiger partial charge in [-0.2, -0.15) is 5.10 Å². The van der Waals surface area contributed by atoms with Crippen molar-refractivity contribution >= 4 is 10.9 Å². The molecule has 1 fully saturated rings. The number of benzene rings is 1. The lowest BCUT2D eigenvalue weighted by atomic mass is 10.1. The number of rotatable bonds is 6. The Labute approximate surface area is 108 Å². The summed E-state index contributed by atoms with van der Waals surface area (Å²) in [6.07, 6.45) is 7.13. The van der Waals surface area contributed by atoms with Gasteiger partial charge in [0.05, 0.1) is 11.7 Å². The number of aromatic nitrogens is 2. The van der Waals surface area contributed by atoms with Gasteiger partial charge in [-0.15, -0.1) is 0 Å². The van der Waals surface area contributed by atoms with Crippen molar-refractivity contribution in [1.29, 1.82) is 0 Å². The lowest BCUT2D eigenvalue weighted by molar-refractivity contribution is 0.449. The predicted octanol–water partition coefficient (Wildman–Crippen LogP) is 3.13. The zero-order chi connectivity index (χ0) is 12.4. The smallest absolute Gasteiger partial charge is 0.0685 e. The molecule has 0 radical (unpaired) electrons. The second kappa shape index (κ2) is 5.11. The van der Waals surface area contributed by atoms with Crippen molar-refractivity contribution < 1.29 is 0 Å². The maximum atomic E-state index is 4.52. The second-order valence-electron chi connectivity index (χ2n) is 5.37. The minimum Gasteiger partial charge on any atom is -0.314 e. The Balaban J connectivity index is 1.58. The number of fused-ring (bicyclic) bond motifs is 1. The van der Waals surface area contributed by atoms with Gasteiger partial charge in [-0.25, -0.2) is 0 Å². The van der Waals surface area contributed by atoms with Crippen molar-refractivity contribution in [3.63, 3.8) is 0 Å². The lowest BCUT2D eigenvalue weighted by Gasteiger charge is -2.13. The van der Waals surface area contributed by atoms with E-state index >= 15 is 0 Å². The van der Waals surface area contributed by atoms with Crippen molar-refractivity contribution in [3.05, 3.63) is 30.5 Å². The minimum atomic E-state index is 0.478. The first kappa shape index (κ1) is 11.7. The third-order valence-electron chi connectivity index (χ3n) is 3.73. The summed E-state index contributed by atoms with van der Waals surface area (Å²) in [5.74, 6) is 0. The molecule has 1 aliphatic carbocycles. The summed E-state index contributed by atoms with van der Waals surface area (Å²) in [7, 11) is 0. The standard InChI is InChI=1S/C15H21N3/c1-12(5-4-10-16-14-8-9-14)18-15-7-3-2-6-13(15)11-17-18/h2-3,6-7,11-12,14,16H,4-5,8-10H2,1H3. The first-order chi connectivity index (χ1) is 8.84. The molecule has 18 heavy (non-hydrogen) atoms. The summed E-state index contributed by atoms with van der Waals surface area (Å²) in [6.45, 7) is 3.41. The molecule has 96 valence electrons. The van der Waals surface area contributed by atoms with E-state index in [2.05, 4.69) is 46.3 Å². The number of para-hydroxylation sites is 1. The molecule has 3 nitrogen and oxygen atoms in total. The number of nitrogens with one attached hydrogen (secondary N) is 1. The molecular formula is C15H21N3. The van der Waals surface area contributed by atoms with E-state index in [1.54, 1.807) is 0 Å². The molecule has 1 aromatic heterocycles. The van der Waals surface area contributed by atoms with E-state index in [0.717, 1.165) is 12.6 Å². The third kappa shape index (κ3) is 2.56. The Hall–Kier alpha value is -1.35. The van der Waals surface area contributed by atoms with Crippen molar-refractivity contribution in [2.45, 2.75) is 44.7 Å². The summed E-state index contributed by atoms with van der Waals surface area (Å²) < 4.78 is 2.16. The summed E-state index contributed by atoms with van der Waals surface area (Å²) in [6, 6.07) is 9.74. The molecule has 3 heteroatoms. The van der Waals surface area contributed by atoms with Gasteiger partial charge < -0.3 is 5.32 Å². The highest BCUT2D eigenvalue weighted by molar-refractivity contribution is 5.78. The Kier molecular flexibility index (Phi) is 3.33. The van der Waals surface area contributed by atoms with Crippen LogP contribution in [-0.4, -0.2) is 22.4 Å². The molecule has 1 aromatic carbocycles. The molecule has 1 atom stereocenters. The molecule has 0 aliphatic heterocycles. The first-order valence-corrected chi connectivity index (χ1v) is 7.00. The van der Waals surface area contributed by atoms with E-state index in [4.69, 9.17) is 0 Å². The van der Waals surface area contributed by atoms with Gasteiger partial charge in [-0.05, 0) is 45.2 Å². The summed E-state index contributed by atoms with van der Waals surface area (Å²) in [5.41, 5.74) is 1.25. The highest BCUT2D eigenvalue weighted by Gasteiger charge is 2.19. The monoisotopic (exact) mass is 243 g/mol. The van der Waals surface area contributed by atoms with Crippen molar-refractivity contribution in [2.75, 3.05) is 6.54 Å². The fraction of sp³-hybridized carbons (Fsp3) is 0.533. The topological polar surface area (TPSA) is 29.9 Å². The van der Waals surface area contributed by atoms with Crippen LogP contribution in [-0.2, 0) is 0 Å². The average Bonchev–Trinajstić information content (AvgIpc) is 3.11. The molecule has 1 saturated carbocycles. The Morgan fingerprint density at radius 1 is 1.39 bits per heavy atom. The van der Waals surface area contributed by atoms with Crippen molar-refractivity contribution in [1.82, 2.24) is 15.1 Å². The van der Waals surface area contributed by atoms with Gasteiger partial charge in [0, 0.05) is 17.5 Å². The predicted molar refractivity (Wildman–Crippen MR) is 74.7 cm³/mol. The third-order valence-corrected chi connectivity index (χ3v) is 3.73. The normalized spacial score (nSPS) is 17.2. The SMILES string of the molecule is CC(CCCNC1CC1)n1ncc2ccccc21. The van der Waals surface area contributed by atoms with E-state index in [1.165, 1.54) is 36.6 Å². The van der Waals surface area contributed by atoms with Crippen LogP contribution in [0.2, 0.25) is 0 Å². The van der Waals surface area contributed by atoms with Crippen LogP contribution in [0.15, 0.2) is 30.5 Å². The maximum absolute atomic E-state index is 4.52. The zero-order valence-electron chi connectivity index (χ0n) is 11.0. The fourth-order valence-corrected chi connectivity index (χ4v) is 2.46. The molecule has 1 heterocycles. The van der Waals surface area contributed by atoms with Gasteiger partial charge in [0.25, 0.3) is 0 Å². The summed E-state index contributed by atoms with van der Waals surface area (Å²) >= 11 is 0. The van der Waals surface area contributed by atoms with Crippen LogP contribution in [0.3, 0.4) is 0 Å². The zero-order valence-corrected chi connectivity index (χ0v) is 11.0. The van der Waals surface area contributed by atoms with Gasteiger partial charge in [0.1, 0.15) is 0 Å². The first-order valence-electron chi connectivity index (χ1n) is 7.00. The van der Waals surface area contributed by atoms with E-state index in [9.17, 15) is 0 Å². The molecule has 0 amide bonds. The molecule has 1 aliphatic rings. The van der Waals surface area contributed by atoms with E-state index in [-0.39, 0.29) is 0 Å². The van der Waals surface area contributed by atoms with Crippen LogP contribution < -0.4 is 5.32 Å². The van der Waals surface area contributed by atoms with Crippen LogP contribution in [0.25, 0.3) is 10.9 Å². The number of nitrogens with zero attached hydrogens (tertiary/aromatic N) is 2. The largest absolute Gasteiger partial charge is 0.314 e. The van der Waals surface area contributed by atoms with Gasteiger partial charge in [-0.1, -0.05) is 18.2 Å². The van der Waals surface area contributed by atoms with Gasteiger partial charge in [0.15, 0.2) is 0 Å². The molecule has 0 bridgehead atoms. The quantitative estimate of drug-likeness (QED) is 0.790. The highest BCUT2D eigenvalue weighted by atomic mass is 15.3. The Morgan fingerprint density at radius 3 is 3.06 bits per heavy atom. The molecule has 2 aromatic rings. The fourth-order valence-electron chi connectivity index (χ4n) is 2.46. The van der Waals surface area contributed by atoms with Crippen LogP contribution >= 0.6 is 0 Å². The Morgan fingerprint density at radius 2 is 2.22 bits per heavy atom. The number of hydrogen-bond donors (Lipinski definition) is 1. The molecule has 3 rings (SSSR count). The van der Waals surface area contributed by atoms with Gasteiger partial charge in [-0.3, -0.25) is 4.68 Å². The van der Waals surface area contributed by atoms with Crippen LogP contribution in [0.5, 0.6) is 0 Å². The minimum absolute atomic E-state index is 0.478. The molecule has 0 spiro atoms. The van der Waals surface area contributed by atoms with E-state index in [1.807, 2.05) is 6.20 Å². The second-order valence-corrected chi connectivity index (χ2v) is 5.37. The summed E-state index contributed by atoms with van der Waals surface area (Å²) in [4.78, 5) is 0. The van der Waals surface area contributed by atoms with Crippen molar-refractivity contribution in [2.24, 2.45) is 0 Å². The van der Waals surface area contributed by atoms with Gasteiger partial charge in [0.2, 0.25) is 0 Å². The molecule has 1 N–H and O–H groups in total. The average molecular weight is 243 g/mol. The van der Waals surface area contributed by atoms with Gasteiger partial charge >= 0.3 is 0 Å². The summed E-state index contributed by atoms with van der Waals surface area (Å²) in [5, 5.41) is 9.32. The van der Waals surface area contributed by atoms with Crippen LogP contribution in [0, 0.1) is 0 Å². The number of hydrogen-bond acceptors (Lipinski definition) is 2. The molecule has 0 saturated heterocycles. The maximum Gasteiger partial charge on any atom is 0.0685 e. The van der Waals surface area contributed by atoms with Crippen LogP contribution in [0.4, 0.5) is 0 Å².